The molecule has 3 rings (SSSR count). The fourth-order valence-electron chi connectivity index (χ4n) is 2.44. The molecular formula is C18H13N3O3. The first-order chi connectivity index (χ1) is 11.6. The summed E-state index contributed by atoms with van der Waals surface area (Å²) >= 11 is 0. The topological polar surface area (TPSA) is 95.5 Å². The van der Waals surface area contributed by atoms with E-state index in [0.29, 0.717) is 11.3 Å². The van der Waals surface area contributed by atoms with E-state index in [1.807, 2.05) is 30.3 Å². The molecule has 0 aliphatic carbocycles. The number of benzene rings is 2. The van der Waals surface area contributed by atoms with Crippen LogP contribution in [0.3, 0.4) is 0 Å². The number of carbonyl (C=O) groups is 1. The van der Waals surface area contributed by atoms with E-state index >= 15 is 0 Å². The van der Waals surface area contributed by atoms with Crippen LogP contribution in [0.25, 0.3) is 21.7 Å². The molecule has 0 aliphatic rings. The molecular weight excluding hydrogens is 306 g/mol. The quantitative estimate of drug-likeness (QED) is 0.347. The molecule has 24 heavy (non-hydrogen) atoms. The van der Waals surface area contributed by atoms with Crippen LogP contribution in [0.5, 0.6) is 0 Å². The van der Waals surface area contributed by atoms with Gasteiger partial charge in [0.15, 0.2) is 0 Å². The second-order valence-corrected chi connectivity index (χ2v) is 5.21. The van der Waals surface area contributed by atoms with Crippen molar-refractivity contribution >= 4 is 33.4 Å². The van der Waals surface area contributed by atoms with Gasteiger partial charge in [-0.3, -0.25) is 4.79 Å². The molecule has 1 aromatic heterocycles. The summed E-state index contributed by atoms with van der Waals surface area (Å²) in [6, 6.07) is 14.8. The highest BCUT2D eigenvalue weighted by Gasteiger charge is 2.11. The van der Waals surface area contributed by atoms with Gasteiger partial charge in [-0.15, -0.1) is 0 Å². The highest BCUT2D eigenvalue weighted by Crippen LogP contribution is 2.25. The van der Waals surface area contributed by atoms with Gasteiger partial charge in [-0.25, -0.2) is 10.2 Å². The van der Waals surface area contributed by atoms with Crippen molar-refractivity contribution in [3.63, 3.8) is 0 Å². The number of nitriles is 1. The van der Waals surface area contributed by atoms with Crippen molar-refractivity contribution < 1.29 is 9.21 Å². The third-order valence-electron chi connectivity index (χ3n) is 3.62. The van der Waals surface area contributed by atoms with Crippen molar-refractivity contribution in [3.8, 4) is 6.07 Å². The minimum Gasteiger partial charge on any atom is -0.422 e. The molecule has 118 valence electrons. The Bertz CT molecular complexity index is 1070. The average molecular weight is 319 g/mol. The summed E-state index contributed by atoms with van der Waals surface area (Å²) in [7, 11) is 0. The van der Waals surface area contributed by atoms with Gasteiger partial charge in [-0.1, -0.05) is 30.3 Å². The van der Waals surface area contributed by atoms with Gasteiger partial charge in [0.25, 0.3) is 5.91 Å². The zero-order valence-electron chi connectivity index (χ0n) is 12.9. The van der Waals surface area contributed by atoms with Gasteiger partial charge >= 0.3 is 5.63 Å². The Morgan fingerprint density at radius 2 is 2.04 bits per heavy atom. The van der Waals surface area contributed by atoms with E-state index in [9.17, 15) is 9.59 Å². The third kappa shape index (κ3) is 2.88. The van der Waals surface area contributed by atoms with Gasteiger partial charge in [-0.05, 0) is 29.8 Å². The lowest BCUT2D eigenvalue weighted by Crippen LogP contribution is -2.20. The Morgan fingerprint density at radius 1 is 1.25 bits per heavy atom. The largest absolute Gasteiger partial charge is 0.422 e. The number of hydrogen-bond acceptors (Lipinski definition) is 5. The Labute approximate surface area is 137 Å². The summed E-state index contributed by atoms with van der Waals surface area (Å²) in [5.74, 6) is -0.535. The average Bonchev–Trinajstić information content (AvgIpc) is 2.59. The first kappa shape index (κ1) is 15.4. The third-order valence-corrected chi connectivity index (χ3v) is 3.62. The highest BCUT2D eigenvalue weighted by atomic mass is 16.4. The molecule has 0 atom stereocenters. The Hall–Kier alpha value is -3.46. The lowest BCUT2D eigenvalue weighted by molar-refractivity contribution is -0.120. The Kier molecular flexibility index (Phi) is 4.08. The number of rotatable bonds is 3. The Balaban J connectivity index is 2.11. The standard InChI is InChI=1S/C18H13N3O3/c1-11(20-21-17(22)8-9-19)14-10-15-13-5-3-2-4-12(13)6-7-16(15)24-18(14)23/h2-7,10H,8H2,1H3,(H,21,22)/b20-11+. The normalized spacial score (nSPS) is 11.4. The zero-order valence-corrected chi connectivity index (χ0v) is 12.9. The number of hydrogen-bond donors (Lipinski definition) is 1. The van der Waals surface area contributed by atoms with E-state index in [4.69, 9.17) is 9.68 Å². The minimum atomic E-state index is -0.535. The molecule has 6 heteroatoms. The molecule has 6 nitrogen and oxygen atoms in total. The van der Waals surface area contributed by atoms with Gasteiger partial charge in [0.2, 0.25) is 0 Å². The first-order valence-corrected chi connectivity index (χ1v) is 7.26. The molecule has 2 aromatic carbocycles. The summed E-state index contributed by atoms with van der Waals surface area (Å²) in [6.45, 7) is 1.59. The predicted molar refractivity (Wildman–Crippen MR) is 90.6 cm³/mol. The lowest BCUT2D eigenvalue weighted by Gasteiger charge is -2.05. The van der Waals surface area contributed by atoms with Crippen LogP contribution in [0.15, 0.2) is 56.8 Å². The molecule has 0 aliphatic heterocycles. The highest BCUT2D eigenvalue weighted by molar-refractivity contribution is 6.08. The number of nitrogens with zero attached hydrogens (tertiary/aromatic N) is 2. The van der Waals surface area contributed by atoms with E-state index in [1.165, 1.54) is 0 Å². The van der Waals surface area contributed by atoms with E-state index in [0.717, 1.165) is 16.2 Å². The van der Waals surface area contributed by atoms with Gasteiger partial charge in [0.1, 0.15) is 12.0 Å². The summed E-state index contributed by atoms with van der Waals surface area (Å²) in [4.78, 5) is 23.5. The van der Waals surface area contributed by atoms with Crippen molar-refractivity contribution in [2.24, 2.45) is 5.10 Å². The maximum absolute atomic E-state index is 12.2. The summed E-state index contributed by atoms with van der Waals surface area (Å²) < 4.78 is 5.37. The minimum absolute atomic E-state index is 0.260. The number of carbonyl (C=O) groups excluding carboxylic acids is 1. The van der Waals surface area contributed by atoms with Crippen molar-refractivity contribution in [2.75, 3.05) is 0 Å². The van der Waals surface area contributed by atoms with Crippen LogP contribution in [0.4, 0.5) is 0 Å². The molecule has 0 radical (unpaired) electrons. The van der Waals surface area contributed by atoms with Crippen molar-refractivity contribution in [3.05, 3.63) is 58.4 Å². The summed E-state index contributed by atoms with van der Waals surface area (Å²) in [6.07, 6.45) is -0.298. The van der Waals surface area contributed by atoms with Crippen molar-refractivity contribution in [1.29, 1.82) is 5.26 Å². The molecule has 1 heterocycles. The molecule has 0 bridgehead atoms. The van der Waals surface area contributed by atoms with E-state index < -0.39 is 11.5 Å². The smallest absolute Gasteiger partial charge is 0.345 e. The predicted octanol–water partition coefficient (Wildman–Crippen LogP) is 2.70. The van der Waals surface area contributed by atoms with Crippen LogP contribution < -0.4 is 11.1 Å². The van der Waals surface area contributed by atoms with Crippen LogP contribution in [0.2, 0.25) is 0 Å². The molecule has 0 fully saturated rings. The van der Waals surface area contributed by atoms with Crippen LogP contribution in [-0.4, -0.2) is 11.6 Å². The SMILES string of the molecule is C/C(=N\NC(=O)CC#N)c1cc2c(ccc3ccccc32)oc1=O. The van der Waals surface area contributed by atoms with Crippen LogP contribution >= 0.6 is 0 Å². The maximum atomic E-state index is 12.2. The van der Waals surface area contributed by atoms with E-state index in [2.05, 4.69) is 10.5 Å². The fraction of sp³-hybridized carbons (Fsp3) is 0.111. The molecule has 0 spiro atoms. The molecule has 3 aromatic rings. The van der Waals surface area contributed by atoms with Crippen LogP contribution in [0.1, 0.15) is 18.9 Å². The molecule has 0 saturated heterocycles. The van der Waals surface area contributed by atoms with Gasteiger partial charge < -0.3 is 4.42 Å². The monoisotopic (exact) mass is 319 g/mol. The molecule has 1 N–H and O–H groups in total. The fourth-order valence-corrected chi connectivity index (χ4v) is 2.44. The molecule has 0 unspecified atom stereocenters. The van der Waals surface area contributed by atoms with Gasteiger partial charge in [0, 0.05) is 5.39 Å². The number of nitrogens with one attached hydrogen (secondary N) is 1. The lowest BCUT2D eigenvalue weighted by atomic mass is 10.0. The van der Waals surface area contributed by atoms with Crippen molar-refractivity contribution in [2.45, 2.75) is 13.3 Å². The molecule has 1 amide bonds. The van der Waals surface area contributed by atoms with E-state index in [1.54, 1.807) is 25.1 Å². The second-order valence-electron chi connectivity index (χ2n) is 5.21. The first-order valence-electron chi connectivity index (χ1n) is 7.26. The summed E-state index contributed by atoms with van der Waals surface area (Å²) in [5.41, 5.74) is 2.77. The van der Waals surface area contributed by atoms with E-state index in [-0.39, 0.29) is 12.0 Å². The second kappa shape index (κ2) is 6.34. The zero-order chi connectivity index (χ0) is 17.1. The maximum Gasteiger partial charge on any atom is 0.345 e. The summed E-state index contributed by atoms with van der Waals surface area (Å²) in [5, 5.41) is 15.1. The van der Waals surface area contributed by atoms with Crippen molar-refractivity contribution in [1.82, 2.24) is 5.43 Å². The van der Waals surface area contributed by atoms with Crippen LogP contribution in [0, 0.1) is 11.3 Å². The molecule has 0 saturated carbocycles. The number of fused-ring (bicyclic) bond motifs is 3. The number of hydrazone groups is 1. The van der Waals surface area contributed by atoms with Gasteiger partial charge in [-0.2, -0.15) is 10.4 Å². The van der Waals surface area contributed by atoms with Gasteiger partial charge in [0.05, 0.1) is 17.3 Å². The number of amides is 1. The Morgan fingerprint density at radius 3 is 2.83 bits per heavy atom. The van der Waals surface area contributed by atoms with Crippen LogP contribution in [-0.2, 0) is 4.79 Å².